The van der Waals surface area contributed by atoms with Crippen LogP contribution in [-0.2, 0) is 19.9 Å². The van der Waals surface area contributed by atoms with Gasteiger partial charge in [-0.2, -0.15) is 0 Å². The Bertz CT molecular complexity index is 1440. The minimum Gasteiger partial charge on any atom is -0.338 e. The van der Waals surface area contributed by atoms with Crippen molar-refractivity contribution in [1.82, 2.24) is 9.97 Å². The summed E-state index contributed by atoms with van der Waals surface area (Å²) < 4.78 is 47.0. The Kier molecular flexibility index (Phi) is 4.53. The predicted octanol–water partition coefficient (Wildman–Crippen LogP) is 2.95. The van der Waals surface area contributed by atoms with Gasteiger partial charge in [0.2, 0.25) is 10.0 Å². The summed E-state index contributed by atoms with van der Waals surface area (Å²) in [5, 5.41) is 5.34. The number of rotatable bonds is 4. The second-order valence-corrected chi connectivity index (χ2v) is 10.2. The van der Waals surface area contributed by atoms with Crippen molar-refractivity contribution in [2.45, 2.75) is 9.79 Å². The fourth-order valence-electron chi connectivity index (χ4n) is 3.13. The van der Waals surface area contributed by atoms with Crippen LogP contribution in [0.2, 0.25) is 0 Å². The highest BCUT2D eigenvalue weighted by atomic mass is 32.2. The smallest absolute Gasteiger partial charge is 0.238 e. The molecule has 148 valence electrons. The molecular formula is C20H17N3O4S2. The van der Waals surface area contributed by atoms with Crippen LogP contribution < -0.4 is 5.14 Å². The second-order valence-electron chi connectivity index (χ2n) is 6.66. The molecule has 0 radical (unpaired) electrons. The molecule has 0 spiro atoms. The zero-order valence-corrected chi connectivity index (χ0v) is 17.0. The Labute approximate surface area is 168 Å². The summed E-state index contributed by atoms with van der Waals surface area (Å²) >= 11 is 0. The number of imidazole rings is 1. The number of hydrogen-bond donors (Lipinski definition) is 2. The van der Waals surface area contributed by atoms with E-state index in [2.05, 4.69) is 9.97 Å². The summed E-state index contributed by atoms with van der Waals surface area (Å²) in [5.74, 6) is 0.580. The molecule has 9 heteroatoms. The largest absolute Gasteiger partial charge is 0.338 e. The van der Waals surface area contributed by atoms with Gasteiger partial charge in [-0.25, -0.2) is 27.0 Å². The van der Waals surface area contributed by atoms with Crippen molar-refractivity contribution in [2.75, 3.05) is 6.26 Å². The van der Waals surface area contributed by atoms with Crippen LogP contribution in [0, 0.1) is 0 Å². The summed E-state index contributed by atoms with van der Waals surface area (Å²) in [6.45, 7) is 0. The molecule has 0 amide bonds. The van der Waals surface area contributed by atoms with Crippen molar-refractivity contribution < 1.29 is 16.8 Å². The van der Waals surface area contributed by atoms with Gasteiger partial charge < -0.3 is 4.98 Å². The maximum atomic E-state index is 11.9. The number of nitrogens with zero attached hydrogens (tertiary/aromatic N) is 1. The molecular weight excluding hydrogens is 410 g/mol. The Hall–Kier alpha value is -3.01. The van der Waals surface area contributed by atoms with Gasteiger partial charge >= 0.3 is 0 Å². The highest BCUT2D eigenvalue weighted by molar-refractivity contribution is 7.90. The fourth-order valence-corrected chi connectivity index (χ4v) is 4.52. The SMILES string of the molecule is CS(=O)(=O)c1ccc(-c2nc3ccc(-c4ccccc4S(N)(=O)=O)cc3[nH]2)cc1. The van der Waals surface area contributed by atoms with E-state index in [9.17, 15) is 16.8 Å². The van der Waals surface area contributed by atoms with E-state index in [0.717, 1.165) is 11.8 Å². The van der Waals surface area contributed by atoms with E-state index in [1.54, 1.807) is 48.5 Å². The van der Waals surface area contributed by atoms with E-state index in [0.29, 0.717) is 28.0 Å². The van der Waals surface area contributed by atoms with E-state index in [1.165, 1.54) is 18.2 Å². The zero-order chi connectivity index (χ0) is 20.8. The molecule has 29 heavy (non-hydrogen) atoms. The molecule has 0 atom stereocenters. The highest BCUT2D eigenvalue weighted by Crippen LogP contribution is 2.30. The monoisotopic (exact) mass is 427 g/mol. The number of fused-ring (bicyclic) bond motifs is 1. The van der Waals surface area contributed by atoms with Crippen LogP contribution in [0.25, 0.3) is 33.5 Å². The van der Waals surface area contributed by atoms with Gasteiger partial charge in [0.15, 0.2) is 9.84 Å². The molecule has 7 nitrogen and oxygen atoms in total. The Balaban J connectivity index is 1.78. The van der Waals surface area contributed by atoms with Crippen LogP contribution in [0.15, 0.2) is 76.5 Å². The molecule has 0 saturated heterocycles. The topological polar surface area (TPSA) is 123 Å². The van der Waals surface area contributed by atoms with Crippen molar-refractivity contribution in [3.05, 3.63) is 66.7 Å². The van der Waals surface area contributed by atoms with Gasteiger partial charge in [-0.15, -0.1) is 0 Å². The van der Waals surface area contributed by atoms with Crippen LogP contribution in [-0.4, -0.2) is 33.1 Å². The normalized spacial score (nSPS) is 12.3. The van der Waals surface area contributed by atoms with Gasteiger partial charge in [-0.1, -0.05) is 24.3 Å². The second kappa shape index (κ2) is 6.80. The standard InChI is InChI=1S/C20H17N3O4S2/c1-28(24,25)15-9-6-13(7-10-15)20-22-17-11-8-14(12-18(17)23-20)16-4-2-3-5-19(16)29(21,26)27/h2-12H,1H3,(H,22,23)(H2,21,26,27). The van der Waals surface area contributed by atoms with E-state index in [-0.39, 0.29) is 9.79 Å². The third-order valence-corrected chi connectivity index (χ3v) is 6.64. The van der Waals surface area contributed by atoms with Gasteiger partial charge in [-0.05, 0) is 48.0 Å². The predicted molar refractivity (Wildman–Crippen MR) is 111 cm³/mol. The first-order chi connectivity index (χ1) is 13.6. The molecule has 0 fully saturated rings. The number of nitrogens with one attached hydrogen (secondary N) is 1. The van der Waals surface area contributed by atoms with Crippen LogP contribution >= 0.6 is 0 Å². The lowest BCUT2D eigenvalue weighted by molar-refractivity contribution is 0.597. The lowest BCUT2D eigenvalue weighted by Crippen LogP contribution is -2.13. The quantitative estimate of drug-likeness (QED) is 0.518. The molecule has 0 unspecified atom stereocenters. The molecule has 0 saturated carbocycles. The Morgan fingerprint density at radius 3 is 2.17 bits per heavy atom. The van der Waals surface area contributed by atoms with Crippen LogP contribution in [0.5, 0.6) is 0 Å². The summed E-state index contributed by atoms with van der Waals surface area (Å²) in [5.41, 5.74) is 3.34. The molecule has 1 heterocycles. The number of aromatic amines is 1. The van der Waals surface area contributed by atoms with Crippen molar-refractivity contribution in [2.24, 2.45) is 5.14 Å². The Morgan fingerprint density at radius 1 is 0.862 bits per heavy atom. The maximum Gasteiger partial charge on any atom is 0.238 e. The van der Waals surface area contributed by atoms with Crippen molar-refractivity contribution in [1.29, 1.82) is 0 Å². The van der Waals surface area contributed by atoms with Crippen molar-refractivity contribution in [3.8, 4) is 22.5 Å². The summed E-state index contributed by atoms with van der Waals surface area (Å²) in [6, 6.07) is 18.3. The van der Waals surface area contributed by atoms with Gasteiger partial charge in [0, 0.05) is 17.4 Å². The average molecular weight is 428 g/mol. The van der Waals surface area contributed by atoms with Crippen LogP contribution in [0.1, 0.15) is 0 Å². The molecule has 3 N–H and O–H groups in total. The molecule has 4 aromatic rings. The molecule has 0 aliphatic rings. The zero-order valence-electron chi connectivity index (χ0n) is 15.3. The molecule has 0 aliphatic carbocycles. The van der Waals surface area contributed by atoms with Gasteiger partial charge in [0.25, 0.3) is 0 Å². The minimum atomic E-state index is -3.86. The first-order valence-corrected chi connectivity index (χ1v) is 12.0. The van der Waals surface area contributed by atoms with Crippen LogP contribution in [0.3, 0.4) is 0 Å². The third-order valence-electron chi connectivity index (χ3n) is 4.54. The van der Waals surface area contributed by atoms with Crippen LogP contribution in [0.4, 0.5) is 0 Å². The van der Waals surface area contributed by atoms with Gasteiger partial charge in [0.05, 0.1) is 20.8 Å². The van der Waals surface area contributed by atoms with E-state index < -0.39 is 19.9 Å². The first kappa shape index (κ1) is 19.3. The number of benzene rings is 3. The fraction of sp³-hybridized carbons (Fsp3) is 0.0500. The lowest BCUT2D eigenvalue weighted by atomic mass is 10.1. The van der Waals surface area contributed by atoms with Gasteiger partial charge in [-0.3, -0.25) is 0 Å². The number of H-pyrrole nitrogens is 1. The third kappa shape index (κ3) is 3.80. The number of sulfone groups is 1. The van der Waals surface area contributed by atoms with Crippen molar-refractivity contribution >= 4 is 30.9 Å². The molecule has 1 aromatic heterocycles. The summed E-state index contributed by atoms with van der Waals surface area (Å²) in [6.07, 6.45) is 1.16. The minimum absolute atomic E-state index is 0.0513. The number of nitrogens with two attached hydrogens (primary N) is 1. The molecule has 3 aromatic carbocycles. The summed E-state index contributed by atoms with van der Waals surface area (Å²) in [7, 11) is -7.13. The van der Waals surface area contributed by atoms with E-state index in [1.807, 2.05) is 0 Å². The number of primary sulfonamides is 1. The number of sulfonamides is 1. The molecule has 0 aliphatic heterocycles. The maximum absolute atomic E-state index is 11.9. The van der Waals surface area contributed by atoms with E-state index >= 15 is 0 Å². The number of hydrogen-bond acceptors (Lipinski definition) is 5. The van der Waals surface area contributed by atoms with E-state index in [4.69, 9.17) is 5.14 Å². The summed E-state index contributed by atoms with van der Waals surface area (Å²) in [4.78, 5) is 8.02. The first-order valence-electron chi connectivity index (χ1n) is 8.55. The molecule has 0 bridgehead atoms. The highest BCUT2D eigenvalue weighted by Gasteiger charge is 2.16. The lowest BCUT2D eigenvalue weighted by Gasteiger charge is -2.07. The Morgan fingerprint density at radius 2 is 1.52 bits per heavy atom. The van der Waals surface area contributed by atoms with Crippen molar-refractivity contribution in [3.63, 3.8) is 0 Å². The number of aromatic nitrogens is 2. The molecule has 4 rings (SSSR count). The van der Waals surface area contributed by atoms with Gasteiger partial charge in [0.1, 0.15) is 5.82 Å². The average Bonchev–Trinajstić information content (AvgIpc) is 3.10.